The molecular weight excluding hydrogens is 419 g/mol. The normalized spacial score (nSPS) is 26.9. The average molecular weight is 448 g/mol. The number of carbonyl (C=O) groups is 2. The molecular formula is C21H29BN2O8. The number of hydrogen-bond acceptors (Lipinski definition) is 7. The average Bonchev–Trinajstić information content (AvgIpc) is 3.43. The van der Waals surface area contributed by atoms with Crippen molar-refractivity contribution in [3.63, 3.8) is 0 Å². The molecule has 0 bridgehead atoms. The second kappa shape index (κ2) is 8.55. The molecule has 0 aromatic heterocycles. The van der Waals surface area contributed by atoms with Crippen LogP contribution in [0.15, 0.2) is 12.1 Å². The van der Waals surface area contributed by atoms with Crippen LogP contribution in [0.2, 0.25) is 5.82 Å². The Balaban J connectivity index is 1.35. The minimum Gasteiger partial charge on any atom is -0.872 e. The van der Waals surface area contributed by atoms with E-state index in [2.05, 4.69) is 14.1 Å². The van der Waals surface area contributed by atoms with E-state index in [0.717, 1.165) is 17.6 Å². The van der Waals surface area contributed by atoms with Crippen molar-refractivity contribution < 1.29 is 43.8 Å². The second-order valence-corrected chi connectivity index (χ2v) is 9.66. The van der Waals surface area contributed by atoms with Crippen molar-refractivity contribution in [2.24, 2.45) is 0 Å². The van der Waals surface area contributed by atoms with Crippen molar-refractivity contribution in [1.29, 1.82) is 0 Å². The van der Waals surface area contributed by atoms with Crippen LogP contribution < -0.4 is 9.84 Å². The fraction of sp³-hybridized carbons (Fsp3) is 0.619. The van der Waals surface area contributed by atoms with E-state index in [1.807, 2.05) is 0 Å². The van der Waals surface area contributed by atoms with E-state index in [0.29, 0.717) is 32.5 Å². The van der Waals surface area contributed by atoms with Gasteiger partial charge in [-0.25, -0.2) is 4.79 Å². The lowest BCUT2D eigenvalue weighted by Crippen LogP contribution is -2.58. The maximum absolute atomic E-state index is 12.7. The van der Waals surface area contributed by atoms with E-state index in [9.17, 15) is 29.9 Å². The molecule has 0 unspecified atom stereocenters. The van der Waals surface area contributed by atoms with Crippen molar-refractivity contribution in [2.75, 3.05) is 46.9 Å². The summed E-state index contributed by atoms with van der Waals surface area (Å²) in [6, 6.07) is 2.94. The van der Waals surface area contributed by atoms with Crippen LogP contribution in [0.3, 0.4) is 0 Å². The number of hydrogen-bond donors (Lipinski definition) is 3. The van der Waals surface area contributed by atoms with E-state index >= 15 is 0 Å². The highest BCUT2D eigenvalue weighted by atomic mass is 16.5. The van der Waals surface area contributed by atoms with Crippen LogP contribution >= 0.6 is 0 Å². The van der Waals surface area contributed by atoms with Crippen LogP contribution in [0.5, 0.6) is 11.5 Å². The molecule has 0 radical (unpaired) electrons. The summed E-state index contributed by atoms with van der Waals surface area (Å²) in [7, 11) is 2.68. The molecule has 2 heterocycles. The number of carboxylic acids is 1. The number of rotatable bonds is 7. The van der Waals surface area contributed by atoms with Crippen molar-refractivity contribution in [1.82, 2.24) is 4.90 Å². The first-order valence-corrected chi connectivity index (χ1v) is 10.9. The fourth-order valence-corrected chi connectivity index (χ4v) is 4.58. The van der Waals surface area contributed by atoms with Crippen LogP contribution in [0.25, 0.3) is 0 Å². The topological polar surface area (TPSA) is 140 Å². The number of ether oxygens (including phenoxy) is 2. The van der Waals surface area contributed by atoms with Crippen molar-refractivity contribution in [3.05, 3.63) is 23.3 Å². The van der Waals surface area contributed by atoms with Gasteiger partial charge in [-0.05, 0) is 18.4 Å². The van der Waals surface area contributed by atoms with Crippen LogP contribution in [0, 0.1) is 0 Å². The van der Waals surface area contributed by atoms with Gasteiger partial charge >= 0.3 is 13.1 Å². The van der Waals surface area contributed by atoms with E-state index < -0.39 is 36.3 Å². The molecule has 2 saturated heterocycles. The third-order valence-corrected chi connectivity index (χ3v) is 6.63. The first-order valence-electron chi connectivity index (χ1n) is 10.9. The minimum absolute atomic E-state index is 0.0280. The highest BCUT2D eigenvalue weighted by Crippen LogP contribution is 2.56. The van der Waals surface area contributed by atoms with Crippen LogP contribution in [0.1, 0.15) is 34.7 Å². The van der Waals surface area contributed by atoms with Gasteiger partial charge in [0.2, 0.25) is 5.91 Å². The summed E-state index contributed by atoms with van der Waals surface area (Å²) >= 11 is 0. The molecule has 2 aliphatic heterocycles. The number of carbonyl (C=O) groups excluding carboxylic acids is 1. The highest BCUT2D eigenvalue weighted by Gasteiger charge is 2.47. The standard InChI is InChI=1S/C21H29BN2O8/c1-24(2)5-6-31-12(11-24)7-18(25)23-9-13(10-23)32-17-4-3-14(15-8-16(15)22(29)30)20(26)19(17)21(27)28/h3-4,12-13,15-16,29-30H,5-11H2,1-2H3,(H-,26,27,28)/t12-,15+,16+/m1/s1. The largest absolute Gasteiger partial charge is 0.872 e. The van der Waals surface area contributed by atoms with Gasteiger partial charge in [0, 0.05) is 5.82 Å². The van der Waals surface area contributed by atoms with Crippen molar-refractivity contribution >= 4 is 19.0 Å². The number of likely N-dealkylation sites (tertiary alicyclic amines) is 1. The molecule has 3 atom stereocenters. The predicted molar refractivity (Wildman–Crippen MR) is 111 cm³/mol. The van der Waals surface area contributed by atoms with Gasteiger partial charge < -0.3 is 39.1 Å². The number of benzene rings is 1. The Kier molecular flexibility index (Phi) is 6.10. The van der Waals surface area contributed by atoms with Crippen LogP contribution in [-0.2, 0) is 9.53 Å². The molecule has 1 aliphatic carbocycles. The molecule has 32 heavy (non-hydrogen) atoms. The third-order valence-electron chi connectivity index (χ3n) is 6.63. The number of amides is 1. The summed E-state index contributed by atoms with van der Waals surface area (Å²) in [5, 5.41) is 40.8. The Morgan fingerprint density at radius 3 is 2.62 bits per heavy atom. The van der Waals surface area contributed by atoms with Gasteiger partial charge in [-0.15, -0.1) is 0 Å². The molecule has 4 rings (SSSR count). The Hall–Kier alpha value is -2.34. The molecule has 0 spiro atoms. The van der Waals surface area contributed by atoms with Gasteiger partial charge in [0.25, 0.3) is 0 Å². The summed E-state index contributed by atoms with van der Waals surface area (Å²) in [4.78, 5) is 25.9. The van der Waals surface area contributed by atoms with Gasteiger partial charge in [0.15, 0.2) is 0 Å². The SMILES string of the molecule is C[N+]1(C)CCO[C@H](CC(=O)N2CC(Oc3ccc([C@@H]4C[C@@H]4B(O)O)c([O-])c3C(=O)O)C2)C1. The summed E-state index contributed by atoms with van der Waals surface area (Å²) < 4.78 is 12.3. The lowest BCUT2D eigenvalue weighted by Gasteiger charge is -2.41. The maximum Gasteiger partial charge on any atom is 0.455 e. The molecule has 11 heteroatoms. The third kappa shape index (κ3) is 4.70. The molecule has 10 nitrogen and oxygen atoms in total. The lowest BCUT2D eigenvalue weighted by molar-refractivity contribution is -0.901. The van der Waals surface area contributed by atoms with Gasteiger partial charge in [0.05, 0.1) is 45.8 Å². The van der Waals surface area contributed by atoms with Gasteiger partial charge in [-0.3, -0.25) is 4.79 Å². The molecule has 3 aliphatic rings. The zero-order valence-electron chi connectivity index (χ0n) is 18.3. The zero-order chi connectivity index (χ0) is 23.2. The molecule has 3 N–H and O–H groups in total. The number of aromatic carboxylic acids is 1. The van der Waals surface area contributed by atoms with Gasteiger partial charge in [-0.2, -0.15) is 0 Å². The van der Waals surface area contributed by atoms with E-state index in [4.69, 9.17) is 9.47 Å². The van der Waals surface area contributed by atoms with E-state index in [1.54, 1.807) is 4.90 Å². The number of quaternary nitrogens is 1. The predicted octanol–water partition coefficient (Wildman–Crippen LogP) is -0.756. The molecule has 1 amide bonds. The zero-order valence-corrected chi connectivity index (χ0v) is 18.3. The van der Waals surface area contributed by atoms with Crippen LogP contribution in [0.4, 0.5) is 0 Å². The molecule has 174 valence electrons. The number of morpholine rings is 1. The summed E-state index contributed by atoms with van der Waals surface area (Å²) in [6.45, 7) is 2.95. The van der Waals surface area contributed by atoms with E-state index in [-0.39, 0.29) is 29.2 Å². The monoisotopic (exact) mass is 448 g/mol. The molecule has 1 saturated carbocycles. The Bertz CT molecular complexity index is 902. The first-order chi connectivity index (χ1) is 15.1. The Morgan fingerprint density at radius 1 is 1.31 bits per heavy atom. The highest BCUT2D eigenvalue weighted by molar-refractivity contribution is 6.44. The van der Waals surface area contributed by atoms with Gasteiger partial charge in [-0.1, -0.05) is 17.4 Å². The van der Waals surface area contributed by atoms with E-state index in [1.165, 1.54) is 12.1 Å². The number of likely N-dealkylation sites (N-methyl/N-ethyl adjacent to an activating group) is 1. The summed E-state index contributed by atoms with van der Waals surface area (Å²) in [5.41, 5.74) is -0.201. The number of carboxylic acid groups (broad SMARTS) is 1. The maximum atomic E-state index is 12.7. The molecule has 3 fully saturated rings. The summed E-state index contributed by atoms with van der Waals surface area (Å²) in [6.07, 6.45) is 0.207. The second-order valence-electron chi connectivity index (χ2n) is 9.66. The number of nitrogens with zero attached hydrogens (tertiary/aromatic N) is 2. The molecule has 1 aromatic carbocycles. The fourth-order valence-electron chi connectivity index (χ4n) is 4.58. The Labute approximate surface area is 186 Å². The summed E-state index contributed by atoms with van der Waals surface area (Å²) in [5.74, 6) is -2.93. The first kappa shape index (κ1) is 22.8. The Morgan fingerprint density at radius 2 is 2.03 bits per heavy atom. The van der Waals surface area contributed by atoms with Crippen molar-refractivity contribution in [2.45, 2.75) is 36.8 Å². The molecule has 1 aromatic rings. The lowest BCUT2D eigenvalue weighted by atomic mass is 9.81. The smallest absolute Gasteiger partial charge is 0.455 e. The van der Waals surface area contributed by atoms with Crippen LogP contribution in [-0.4, -0.2) is 103 Å². The quantitative estimate of drug-likeness (QED) is 0.366. The minimum atomic E-state index is -1.54. The van der Waals surface area contributed by atoms with Crippen molar-refractivity contribution in [3.8, 4) is 11.5 Å². The van der Waals surface area contributed by atoms with Gasteiger partial charge in [0.1, 0.15) is 31.0 Å².